The van der Waals surface area contributed by atoms with Crippen LogP contribution in [-0.4, -0.2) is 21.9 Å². The van der Waals surface area contributed by atoms with Crippen LogP contribution in [0.5, 0.6) is 5.75 Å². The van der Waals surface area contributed by atoms with Gasteiger partial charge in [0.2, 0.25) is 0 Å². The van der Waals surface area contributed by atoms with Crippen LogP contribution in [0, 0.1) is 0 Å². The van der Waals surface area contributed by atoms with Crippen LogP contribution < -0.4 is 4.74 Å². The van der Waals surface area contributed by atoms with Gasteiger partial charge in [-0.3, -0.25) is 4.57 Å². The van der Waals surface area contributed by atoms with Gasteiger partial charge < -0.3 is 4.74 Å². The maximum Gasteiger partial charge on any atom is 0.168 e. The Morgan fingerprint density at radius 3 is 2.73 bits per heavy atom. The van der Waals surface area contributed by atoms with Crippen molar-refractivity contribution in [3.05, 3.63) is 53.3 Å². The molecule has 0 saturated heterocycles. The van der Waals surface area contributed by atoms with E-state index in [1.807, 2.05) is 36.4 Å². The Balaban J connectivity index is 1.89. The average molecular weight is 330 g/mol. The molecule has 0 amide bonds. The molecule has 4 rings (SSSR count). The van der Waals surface area contributed by atoms with Gasteiger partial charge in [-0.05, 0) is 42.5 Å². The predicted molar refractivity (Wildman–Crippen MR) is 87.9 cm³/mol. The largest absolute Gasteiger partial charge is 0.497 e. The van der Waals surface area contributed by atoms with Crippen molar-refractivity contribution in [3.8, 4) is 22.8 Å². The highest BCUT2D eigenvalue weighted by molar-refractivity contribution is 7.98. The van der Waals surface area contributed by atoms with Crippen molar-refractivity contribution in [1.82, 2.24) is 14.8 Å². The van der Waals surface area contributed by atoms with Gasteiger partial charge in [0, 0.05) is 15.5 Å². The van der Waals surface area contributed by atoms with Gasteiger partial charge in [0.1, 0.15) is 11.6 Å². The second-order valence-electron chi connectivity index (χ2n) is 4.90. The summed E-state index contributed by atoms with van der Waals surface area (Å²) < 4.78 is 7.41. The molecule has 1 aliphatic heterocycles. The molecule has 4 nitrogen and oxygen atoms in total. The molecule has 1 aliphatic rings. The normalized spacial score (nSPS) is 12.6. The molecule has 0 atom stereocenters. The third kappa shape index (κ3) is 2.17. The first-order chi connectivity index (χ1) is 10.8. The summed E-state index contributed by atoms with van der Waals surface area (Å²) in [7, 11) is 1.68. The molecule has 0 saturated carbocycles. The monoisotopic (exact) mass is 329 g/mol. The highest BCUT2D eigenvalue weighted by Gasteiger charge is 2.23. The summed E-state index contributed by atoms with van der Waals surface area (Å²) >= 11 is 7.72. The zero-order chi connectivity index (χ0) is 15.1. The number of fused-ring (bicyclic) bond motifs is 3. The number of thioether (sulfide) groups is 1. The number of rotatable bonds is 2. The molecule has 3 aromatic rings. The fourth-order valence-corrected chi connectivity index (χ4v) is 3.62. The van der Waals surface area contributed by atoms with Gasteiger partial charge in [0.25, 0.3) is 0 Å². The Bertz CT molecular complexity index is 845. The summed E-state index contributed by atoms with van der Waals surface area (Å²) in [5, 5.41) is 9.40. The van der Waals surface area contributed by atoms with Gasteiger partial charge in [-0.1, -0.05) is 11.6 Å². The minimum Gasteiger partial charge on any atom is -0.497 e. The SMILES string of the molecule is COc1ccc2c(c1)SCc1nnc(-c3ccc(Cl)cc3)n1-2. The van der Waals surface area contributed by atoms with E-state index in [1.165, 1.54) is 4.90 Å². The van der Waals surface area contributed by atoms with E-state index in [2.05, 4.69) is 20.8 Å². The van der Waals surface area contributed by atoms with Crippen LogP contribution >= 0.6 is 23.4 Å². The van der Waals surface area contributed by atoms with Crippen LogP contribution in [0.25, 0.3) is 17.1 Å². The number of benzene rings is 2. The average Bonchev–Trinajstić information content (AvgIpc) is 2.99. The second kappa shape index (κ2) is 5.34. The molecule has 110 valence electrons. The topological polar surface area (TPSA) is 39.9 Å². The van der Waals surface area contributed by atoms with E-state index in [-0.39, 0.29) is 0 Å². The number of hydrogen-bond acceptors (Lipinski definition) is 4. The van der Waals surface area contributed by atoms with Crippen molar-refractivity contribution < 1.29 is 4.74 Å². The summed E-state index contributed by atoms with van der Waals surface area (Å²) in [5.41, 5.74) is 2.08. The number of nitrogens with zero attached hydrogens (tertiary/aromatic N) is 3. The first kappa shape index (κ1) is 13.7. The smallest absolute Gasteiger partial charge is 0.168 e. The third-order valence-corrected chi connectivity index (χ3v) is 4.89. The molecule has 1 aromatic heterocycles. The minimum atomic E-state index is 0.711. The van der Waals surface area contributed by atoms with Crippen molar-refractivity contribution >= 4 is 23.4 Å². The lowest BCUT2D eigenvalue weighted by Gasteiger charge is -2.19. The Morgan fingerprint density at radius 2 is 1.95 bits per heavy atom. The molecule has 2 heterocycles. The molecule has 2 aromatic carbocycles. The number of halogens is 1. The van der Waals surface area contributed by atoms with Gasteiger partial charge in [-0.2, -0.15) is 0 Å². The van der Waals surface area contributed by atoms with Crippen LogP contribution in [0.15, 0.2) is 47.4 Å². The first-order valence-corrected chi connectivity index (χ1v) is 8.14. The maximum atomic E-state index is 5.97. The molecule has 22 heavy (non-hydrogen) atoms. The van der Waals surface area contributed by atoms with E-state index in [1.54, 1.807) is 18.9 Å². The van der Waals surface area contributed by atoms with E-state index in [0.717, 1.165) is 34.4 Å². The summed E-state index contributed by atoms with van der Waals surface area (Å²) in [4.78, 5) is 1.17. The van der Waals surface area contributed by atoms with Crippen molar-refractivity contribution in [2.45, 2.75) is 10.6 Å². The van der Waals surface area contributed by atoms with E-state index < -0.39 is 0 Å². The zero-order valence-corrected chi connectivity index (χ0v) is 13.4. The summed E-state index contributed by atoms with van der Waals surface area (Å²) in [6.45, 7) is 0. The Labute approximate surface area is 137 Å². The van der Waals surface area contributed by atoms with Crippen molar-refractivity contribution in [2.75, 3.05) is 7.11 Å². The molecule has 0 radical (unpaired) electrons. The standard InChI is InChI=1S/C16H12ClN3OS/c1-21-12-6-7-13-14(8-12)22-9-15-18-19-16(20(13)15)10-2-4-11(17)5-3-10/h2-8H,9H2,1H3. The zero-order valence-electron chi connectivity index (χ0n) is 11.8. The van der Waals surface area contributed by atoms with Crippen LogP contribution in [0.4, 0.5) is 0 Å². The van der Waals surface area contributed by atoms with Crippen LogP contribution in [0.3, 0.4) is 0 Å². The molecule has 0 N–H and O–H groups in total. The summed E-state index contributed by atoms with van der Waals surface area (Å²) in [5.74, 6) is 3.43. The number of methoxy groups -OCH3 is 1. The van der Waals surface area contributed by atoms with Crippen molar-refractivity contribution in [2.24, 2.45) is 0 Å². The lowest BCUT2D eigenvalue weighted by molar-refractivity contribution is 0.413. The highest BCUT2D eigenvalue weighted by Crippen LogP contribution is 2.39. The first-order valence-electron chi connectivity index (χ1n) is 6.78. The minimum absolute atomic E-state index is 0.711. The second-order valence-corrected chi connectivity index (χ2v) is 6.36. The van der Waals surface area contributed by atoms with Gasteiger partial charge >= 0.3 is 0 Å². The van der Waals surface area contributed by atoms with Crippen LogP contribution in [0.2, 0.25) is 5.02 Å². The molecule has 0 bridgehead atoms. The van der Waals surface area contributed by atoms with Gasteiger partial charge in [0.05, 0.1) is 18.6 Å². The lowest BCUT2D eigenvalue weighted by atomic mass is 10.2. The lowest BCUT2D eigenvalue weighted by Crippen LogP contribution is -2.08. The molecular formula is C16H12ClN3OS. The van der Waals surface area contributed by atoms with Gasteiger partial charge in [0.15, 0.2) is 5.82 Å². The van der Waals surface area contributed by atoms with E-state index >= 15 is 0 Å². The van der Waals surface area contributed by atoms with Crippen LogP contribution in [-0.2, 0) is 5.75 Å². The van der Waals surface area contributed by atoms with Crippen molar-refractivity contribution in [3.63, 3.8) is 0 Å². The maximum absolute atomic E-state index is 5.97. The number of hydrogen-bond donors (Lipinski definition) is 0. The number of ether oxygens (including phenoxy) is 1. The third-order valence-electron chi connectivity index (χ3n) is 3.60. The molecular weight excluding hydrogens is 318 g/mol. The Hall–Kier alpha value is -1.98. The van der Waals surface area contributed by atoms with E-state index in [0.29, 0.717) is 5.02 Å². The quantitative estimate of drug-likeness (QED) is 0.706. The molecule has 0 spiro atoms. The van der Waals surface area contributed by atoms with Gasteiger partial charge in [-0.15, -0.1) is 22.0 Å². The fraction of sp³-hybridized carbons (Fsp3) is 0.125. The molecule has 0 unspecified atom stereocenters. The molecule has 6 heteroatoms. The van der Waals surface area contributed by atoms with Gasteiger partial charge in [-0.25, -0.2) is 0 Å². The van der Waals surface area contributed by atoms with Crippen LogP contribution in [0.1, 0.15) is 5.82 Å². The molecule has 0 fully saturated rings. The Kier molecular flexibility index (Phi) is 3.32. The number of aromatic nitrogens is 3. The van der Waals surface area contributed by atoms with Crippen molar-refractivity contribution in [1.29, 1.82) is 0 Å². The van der Waals surface area contributed by atoms with E-state index in [4.69, 9.17) is 16.3 Å². The van der Waals surface area contributed by atoms with E-state index in [9.17, 15) is 0 Å². The Morgan fingerprint density at radius 1 is 1.14 bits per heavy atom. The predicted octanol–water partition coefficient (Wildman–Crippen LogP) is 4.20. The fourth-order valence-electron chi connectivity index (χ4n) is 2.51. The highest BCUT2D eigenvalue weighted by atomic mass is 35.5. The molecule has 0 aliphatic carbocycles. The summed E-state index contributed by atoms with van der Waals surface area (Å²) in [6, 6.07) is 13.7. The summed E-state index contributed by atoms with van der Waals surface area (Å²) in [6.07, 6.45) is 0.